The van der Waals surface area contributed by atoms with Crippen molar-refractivity contribution in [1.82, 2.24) is 20.1 Å². The van der Waals surface area contributed by atoms with E-state index in [9.17, 15) is 18.0 Å². The van der Waals surface area contributed by atoms with E-state index < -0.39 is 12.1 Å². The van der Waals surface area contributed by atoms with Crippen molar-refractivity contribution in [3.63, 3.8) is 0 Å². The van der Waals surface area contributed by atoms with Crippen LogP contribution in [0.5, 0.6) is 0 Å². The molecule has 2 aliphatic heterocycles. The van der Waals surface area contributed by atoms with Crippen molar-refractivity contribution in [3.05, 3.63) is 54.4 Å². The number of rotatable bonds is 3. The average molecular weight is 478 g/mol. The maximum absolute atomic E-state index is 13.0. The molecular weight excluding hydrogens is 457 g/mol. The first-order valence-electron chi connectivity index (χ1n) is 10.5. The number of halogens is 3. The first-order valence-corrected chi connectivity index (χ1v) is 10.5. The minimum Gasteiger partial charge on any atom is -0.475 e. The minimum absolute atomic E-state index is 0.0868. The van der Waals surface area contributed by atoms with Gasteiger partial charge in [-0.25, -0.2) is 9.59 Å². The third-order valence-corrected chi connectivity index (χ3v) is 5.46. The van der Waals surface area contributed by atoms with Crippen molar-refractivity contribution in [1.29, 1.82) is 0 Å². The topological polar surface area (TPSA) is 116 Å². The lowest BCUT2D eigenvalue weighted by Crippen LogP contribution is -2.56. The summed E-state index contributed by atoms with van der Waals surface area (Å²) in [7, 11) is 0. The molecule has 2 unspecified atom stereocenters. The lowest BCUT2D eigenvalue weighted by Gasteiger charge is -2.39. The van der Waals surface area contributed by atoms with E-state index in [4.69, 9.17) is 19.4 Å². The van der Waals surface area contributed by atoms with Crippen LogP contribution >= 0.6 is 0 Å². The normalized spacial score (nSPS) is 21.9. The quantitative estimate of drug-likeness (QED) is 0.553. The molecule has 2 bridgehead atoms. The Morgan fingerprint density at radius 1 is 1.12 bits per heavy atom. The SMILES string of the molecule is O=C(O)C(F)(F)F.O=C(OC1CC2COCC(C1)N2)c1cn(-c2cccnn2)c2ccccc12. The van der Waals surface area contributed by atoms with E-state index in [1.54, 1.807) is 12.4 Å². The smallest absolute Gasteiger partial charge is 0.475 e. The molecule has 5 rings (SSSR count). The molecule has 0 radical (unpaired) electrons. The second-order valence-corrected chi connectivity index (χ2v) is 7.91. The molecule has 1 aromatic carbocycles. The zero-order chi connectivity index (χ0) is 24.3. The molecule has 0 aliphatic carbocycles. The van der Waals surface area contributed by atoms with Gasteiger partial charge >= 0.3 is 18.1 Å². The van der Waals surface area contributed by atoms with Crippen LogP contribution in [-0.2, 0) is 14.3 Å². The Labute approximate surface area is 191 Å². The van der Waals surface area contributed by atoms with Gasteiger partial charge in [-0.15, -0.1) is 5.10 Å². The third-order valence-electron chi connectivity index (χ3n) is 5.46. The summed E-state index contributed by atoms with van der Waals surface area (Å²) >= 11 is 0. The van der Waals surface area contributed by atoms with Gasteiger partial charge in [-0.1, -0.05) is 18.2 Å². The number of carbonyl (C=O) groups excluding carboxylic acids is 1. The Balaban J connectivity index is 0.000000344. The van der Waals surface area contributed by atoms with Crippen molar-refractivity contribution in [2.45, 2.75) is 37.2 Å². The molecule has 34 heavy (non-hydrogen) atoms. The number of aromatic nitrogens is 3. The summed E-state index contributed by atoms with van der Waals surface area (Å²) in [5.74, 6) is -2.38. The summed E-state index contributed by atoms with van der Waals surface area (Å²) in [5, 5.41) is 19.6. The number of hydrogen-bond donors (Lipinski definition) is 2. The molecule has 0 amide bonds. The number of carboxylic acids is 1. The van der Waals surface area contributed by atoms with E-state index in [0.717, 1.165) is 23.7 Å². The lowest BCUT2D eigenvalue weighted by atomic mass is 9.94. The molecule has 2 N–H and O–H groups in total. The number of nitrogens with zero attached hydrogens (tertiary/aromatic N) is 3. The van der Waals surface area contributed by atoms with E-state index in [2.05, 4.69) is 15.5 Å². The molecule has 2 aromatic heterocycles. The molecular formula is C22H21F3N4O5. The van der Waals surface area contributed by atoms with Crippen LogP contribution in [0.15, 0.2) is 48.8 Å². The number of carbonyl (C=O) groups is 2. The standard InChI is InChI=1S/C20H20N4O3.C2HF3O2/c25-20(27-15-8-13-11-26-12-14(9-15)22-13)17-10-24(19-6-3-7-21-23-19)18-5-2-1-4-16(17)18;3-2(4,5)1(6)7/h1-7,10,13-15,22H,8-9,11-12H2;(H,6,7). The van der Waals surface area contributed by atoms with Crippen molar-refractivity contribution in [3.8, 4) is 5.82 Å². The summed E-state index contributed by atoms with van der Waals surface area (Å²) < 4.78 is 45.1. The Morgan fingerprint density at radius 3 is 2.41 bits per heavy atom. The van der Waals surface area contributed by atoms with E-state index in [1.807, 2.05) is 41.0 Å². The highest BCUT2D eigenvalue weighted by Crippen LogP contribution is 2.27. The highest BCUT2D eigenvalue weighted by atomic mass is 19.4. The summed E-state index contributed by atoms with van der Waals surface area (Å²) in [6.07, 6.45) is -0.184. The van der Waals surface area contributed by atoms with Gasteiger partial charge in [0.1, 0.15) is 6.10 Å². The second kappa shape index (κ2) is 9.77. The number of hydrogen-bond acceptors (Lipinski definition) is 7. The van der Waals surface area contributed by atoms with Crippen molar-refractivity contribution >= 4 is 22.8 Å². The van der Waals surface area contributed by atoms with Gasteiger partial charge in [0.05, 0.1) is 24.3 Å². The number of aliphatic carboxylic acids is 1. The summed E-state index contributed by atoms with van der Waals surface area (Å²) in [6.45, 7) is 1.35. The molecule has 4 heterocycles. The van der Waals surface area contributed by atoms with Gasteiger partial charge in [0.2, 0.25) is 0 Å². The highest BCUT2D eigenvalue weighted by Gasteiger charge is 2.38. The molecule has 3 aromatic rings. The molecule has 2 aliphatic rings. The van der Waals surface area contributed by atoms with Gasteiger partial charge in [0.15, 0.2) is 5.82 Å². The number of fused-ring (bicyclic) bond motifs is 3. The summed E-state index contributed by atoms with van der Waals surface area (Å²) in [5.41, 5.74) is 1.46. The maximum atomic E-state index is 13.0. The molecule has 2 fully saturated rings. The van der Waals surface area contributed by atoms with Crippen LogP contribution in [0, 0.1) is 0 Å². The van der Waals surface area contributed by atoms with Gasteiger partial charge in [-0.2, -0.15) is 18.3 Å². The number of alkyl halides is 3. The number of ether oxygens (including phenoxy) is 2. The monoisotopic (exact) mass is 478 g/mol. The fourth-order valence-electron chi connectivity index (χ4n) is 4.05. The fraction of sp³-hybridized carbons (Fsp3) is 0.364. The molecule has 0 spiro atoms. The van der Waals surface area contributed by atoms with Crippen LogP contribution in [0.25, 0.3) is 16.7 Å². The van der Waals surface area contributed by atoms with Crippen molar-refractivity contribution in [2.24, 2.45) is 0 Å². The highest BCUT2D eigenvalue weighted by molar-refractivity contribution is 6.04. The van der Waals surface area contributed by atoms with E-state index in [-0.39, 0.29) is 24.2 Å². The number of nitrogens with one attached hydrogen (secondary N) is 1. The van der Waals surface area contributed by atoms with Gasteiger partial charge in [-0.3, -0.25) is 4.57 Å². The van der Waals surface area contributed by atoms with Crippen molar-refractivity contribution < 1.29 is 37.3 Å². The van der Waals surface area contributed by atoms with Crippen molar-refractivity contribution in [2.75, 3.05) is 13.2 Å². The molecule has 0 saturated carbocycles. The largest absolute Gasteiger partial charge is 0.490 e. The van der Waals surface area contributed by atoms with E-state index in [0.29, 0.717) is 24.6 Å². The summed E-state index contributed by atoms with van der Waals surface area (Å²) in [4.78, 5) is 21.9. The number of morpholine rings is 1. The summed E-state index contributed by atoms with van der Waals surface area (Å²) in [6, 6.07) is 12.0. The predicted molar refractivity (Wildman–Crippen MR) is 113 cm³/mol. The second-order valence-electron chi connectivity index (χ2n) is 7.91. The van der Waals surface area contributed by atoms with Crippen LogP contribution in [0.3, 0.4) is 0 Å². The predicted octanol–water partition coefficient (Wildman–Crippen LogP) is 2.73. The van der Waals surface area contributed by atoms with Crippen LogP contribution in [0.2, 0.25) is 0 Å². The first-order chi connectivity index (χ1) is 16.2. The lowest BCUT2D eigenvalue weighted by molar-refractivity contribution is -0.192. The number of carboxylic acid groups (broad SMARTS) is 1. The number of piperidine rings is 1. The minimum atomic E-state index is -5.08. The molecule has 9 nitrogen and oxygen atoms in total. The fourth-order valence-corrected chi connectivity index (χ4v) is 4.05. The van der Waals surface area contributed by atoms with Gasteiger partial charge < -0.3 is 19.9 Å². The molecule has 12 heteroatoms. The zero-order valence-electron chi connectivity index (χ0n) is 17.7. The van der Waals surface area contributed by atoms with Gasteiger partial charge in [-0.05, 0) is 18.2 Å². The molecule has 180 valence electrons. The van der Waals surface area contributed by atoms with Gasteiger partial charge in [0.25, 0.3) is 0 Å². The van der Waals surface area contributed by atoms with E-state index in [1.165, 1.54) is 0 Å². The van der Waals surface area contributed by atoms with Crippen LogP contribution in [0.4, 0.5) is 13.2 Å². The van der Waals surface area contributed by atoms with Crippen LogP contribution in [-0.4, -0.2) is 69.4 Å². The third kappa shape index (κ3) is 5.34. The zero-order valence-corrected chi connectivity index (χ0v) is 17.7. The van der Waals surface area contributed by atoms with Crippen LogP contribution < -0.4 is 5.32 Å². The Bertz CT molecular complexity index is 1160. The maximum Gasteiger partial charge on any atom is 0.490 e. The Hall–Kier alpha value is -3.51. The number of benzene rings is 1. The van der Waals surface area contributed by atoms with Crippen LogP contribution in [0.1, 0.15) is 23.2 Å². The Morgan fingerprint density at radius 2 is 1.79 bits per heavy atom. The number of para-hydroxylation sites is 1. The molecule has 2 atom stereocenters. The first kappa shape index (κ1) is 23.6. The van der Waals surface area contributed by atoms with Gasteiger partial charge in [0, 0.05) is 42.7 Å². The number of esters is 1. The molecule has 2 saturated heterocycles. The average Bonchev–Trinajstić information content (AvgIpc) is 3.19. The Kier molecular flexibility index (Phi) is 6.80. The van der Waals surface area contributed by atoms with E-state index >= 15 is 0 Å².